The molecule has 0 amide bonds. The van der Waals surface area contributed by atoms with Crippen molar-refractivity contribution in [2.24, 2.45) is 0 Å². The van der Waals surface area contributed by atoms with Crippen LogP contribution in [0.15, 0.2) is 24.3 Å². The summed E-state index contributed by atoms with van der Waals surface area (Å²) in [5, 5.41) is 7.32. The molecule has 0 bridgehead atoms. The van der Waals surface area contributed by atoms with Crippen molar-refractivity contribution in [2.75, 3.05) is 5.73 Å². The molecule has 1 fully saturated rings. The lowest BCUT2D eigenvalue weighted by molar-refractivity contribution is 0.413. The maximum Gasteiger partial charge on any atom is 0.153 e. The van der Waals surface area contributed by atoms with Crippen LogP contribution in [0.4, 0.5) is 10.2 Å². The lowest BCUT2D eigenvalue weighted by Crippen LogP contribution is -2.22. The summed E-state index contributed by atoms with van der Waals surface area (Å²) < 4.78 is 13.5. The van der Waals surface area contributed by atoms with Crippen molar-refractivity contribution in [1.82, 2.24) is 10.2 Å². The lowest BCUT2D eigenvalue weighted by Gasteiger charge is -2.27. The summed E-state index contributed by atoms with van der Waals surface area (Å²) in [7, 11) is 0. The summed E-state index contributed by atoms with van der Waals surface area (Å²) in [6.45, 7) is 2.21. The molecule has 3 rings (SSSR count). The third-order valence-electron chi connectivity index (χ3n) is 4.68. The molecule has 0 saturated heterocycles. The van der Waals surface area contributed by atoms with E-state index in [1.165, 1.54) is 25.0 Å². The molecule has 4 heteroatoms. The zero-order valence-corrected chi connectivity index (χ0v) is 11.7. The summed E-state index contributed by atoms with van der Waals surface area (Å²) in [4.78, 5) is 0. The highest BCUT2D eigenvalue weighted by atomic mass is 19.1. The van der Waals surface area contributed by atoms with Gasteiger partial charge in [0.2, 0.25) is 0 Å². The van der Waals surface area contributed by atoms with Crippen LogP contribution in [0.5, 0.6) is 0 Å². The predicted molar refractivity (Wildman–Crippen MR) is 78.8 cm³/mol. The van der Waals surface area contributed by atoms with Crippen LogP contribution in [-0.2, 0) is 5.41 Å². The van der Waals surface area contributed by atoms with Gasteiger partial charge in [-0.1, -0.05) is 31.9 Å². The third kappa shape index (κ3) is 1.99. The first kappa shape index (κ1) is 13.2. The number of anilines is 1. The Labute approximate surface area is 118 Å². The van der Waals surface area contributed by atoms with Gasteiger partial charge in [-0.05, 0) is 37.0 Å². The Morgan fingerprint density at radius 2 is 2.10 bits per heavy atom. The van der Waals surface area contributed by atoms with Crippen LogP contribution >= 0.6 is 0 Å². The molecule has 106 valence electrons. The van der Waals surface area contributed by atoms with Crippen molar-refractivity contribution in [3.63, 3.8) is 0 Å². The largest absolute Gasteiger partial charge is 0.382 e. The Hall–Kier alpha value is -1.84. The molecule has 1 aromatic heterocycles. The first-order valence-electron chi connectivity index (χ1n) is 7.26. The number of benzene rings is 1. The van der Waals surface area contributed by atoms with E-state index in [1.54, 1.807) is 6.07 Å². The molecule has 0 radical (unpaired) electrons. The van der Waals surface area contributed by atoms with Gasteiger partial charge in [0.25, 0.3) is 0 Å². The van der Waals surface area contributed by atoms with Crippen molar-refractivity contribution in [3.05, 3.63) is 35.8 Å². The third-order valence-corrected chi connectivity index (χ3v) is 4.68. The van der Waals surface area contributed by atoms with Gasteiger partial charge in [-0.2, -0.15) is 5.10 Å². The molecule has 20 heavy (non-hydrogen) atoms. The second kappa shape index (κ2) is 4.93. The number of rotatable bonds is 3. The minimum absolute atomic E-state index is 0.117. The SMILES string of the molecule is CCC1(c2[nH]nc(N)c2-c2cccc(F)c2)CCCC1. The molecule has 1 saturated carbocycles. The van der Waals surface area contributed by atoms with E-state index in [4.69, 9.17) is 5.73 Å². The van der Waals surface area contributed by atoms with E-state index in [9.17, 15) is 4.39 Å². The van der Waals surface area contributed by atoms with Crippen LogP contribution in [0.1, 0.15) is 44.7 Å². The number of nitrogen functional groups attached to an aromatic ring is 1. The number of halogens is 1. The number of nitrogens with zero attached hydrogens (tertiary/aromatic N) is 1. The predicted octanol–water partition coefficient (Wildman–Crippen LogP) is 4.02. The van der Waals surface area contributed by atoms with Gasteiger partial charge < -0.3 is 5.73 Å². The molecule has 1 heterocycles. The van der Waals surface area contributed by atoms with E-state index in [0.29, 0.717) is 5.82 Å². The van der Waals surface area contributed by atoms with Crippen molar-refractivity contribution < 1.29 is 4.39 Å². The molecule has 1 aromatic carbocycles. The summed E-state index contributed by atoms with van der Waals surface area (Å²) in [5.41, 5.74) is 8.93. The fourth-order valence-corrected chi connectivity index (χ4v) is 3.51. The molecular formula is C16H20FN3. The van der Waals surface area contributed by atoms with Gasteiger partial charge in [0.1, 0.15) is 5.82 Å². The standard InChI is InChI=1S/C16H20FN3/c1-2-16(8-3-4-9-16)14-13(15(18)20-19-14)11-6-5-7-12(17)10-11/h5-7,10H,2-4,8-9H2,1H3,(H3,18,19,20). The molecule has 0 aliphatic heterocycles. The average Bonchev–Trinajstić information content (AvgIpc) is 3.06. The molecule has 3 nitrogen and oxygen atoms in total. The molecule has 0 unspecified atom stereocenters. The maximum absolute atomic E-state index is 13.5. The van der Waals surface area contributed by atoms with Gasteiger partial charge in [0.05, 0.1) is 5.69 Å². The minimum Gasteiger partial charge on any atom is -0.382 e. The number of H-pyrrole nitrogens is 1. The van der Waals surface area contributed by atoms with Crippen LogP contribution in [0.2, 0.25) is 0 Å². The maximum atomic E-state index is 13.5. The van der Waals surface area contributed by atoms with Gasteiger partial charge in [-0.3, -0.25) is 5.10 Å². The molecular weight excluding hydrogens is 253 g/mol. The zero-order valence-electron chi connectivity index (χ0n) is 11.7. The van der Waals surface area contributed by atoms with Gasteiger partial charge in [0, 0.05) is 11.0 Å². The Balaban J connectivity index is 2.15. The lowest BCUT2D eigenvalue weighted by atomic mass is 9.77. The molecule has 0 spiro atoms. The van der Waals surface area contributed by atoms with Gasteiger partial charge in [0.15, 0.2) is 5.82 Å². The van der Waals surface area contributed by atoms with Crippen LogP contribution in [0, 0.1) is 5.82 Å². The van der Waals surface area contributed by atoms with Gasteiger partial charge in [-0.15, -0.1) is 0 Å². The van der Waals surface area contributed by atoms with E-state index in [2.05, 4.69) is 17.1 Å². The van der Waals surface area contributed by atoms with E-state index in [-0.39, 0.29) is 11.2 Å². The number of hydrogen-bond acceptors (Lipinski definition) is 2. The highest BCUT2D eigenvalue weighted by Gasteiger charge is 2.38. The number of aromatic amines is 1. The fraction of sp³-hybridized carbons (Fsp3) is 0.438. The van der Waals surface area contributed by atoms with Crippen molar-refractivity contribution >= 4 is 5.82 Å². The van der Waals surface area contributed by atoms with E-state index in [0.717, 1.165) is 36.1 Å². The highest BCUT2D eigenvalue weighted by Crippen LogP contribution is 2.47. The Morgan fingerprint density at radius 1 is 1.35 bits per heavy atom. The van der Waals surface area contributed by atoms with Crippen molar-refractivity contribution in [3.8, 4) is 11.1 Å². The molecule has 2 aromatic rings. The Morgan fingerprint density at radius 3 is 2.75 bits per heavy atom. The van der Waals surface area contributed by atoms with Gasteiger partial charge >= 0.3 is 0 Å². The second-order valence-electron chi connectivity index (χ2n) is 5.71. The number of hydrogen-bond donors (Lipinski definition) is 2. The second-order valence-corrected chi connectivity index (χ2v) is 5.71. The van der Waals surface area contributed by atoms with E-state index < -0.39 is 0 Å². The quantitative estimate of drug-likeness (QED) is 0.887. The number of nitrogens with two attached hydrogens (primary N) is 1. The smallest absolute Gasteiger partial charge is 0.153 e. The first-order chi connectivity index (χ1) is 9.66. The monoisotopic (exact) mass is 273 g/mol. The molecule has 3 N–H and O–H groups in total. The average molecular weight is 273 g/mol. The number of aromatic nitrogens is 2. The van der Waals surface area contributed by atoms with Crippen molar-refractivity contribution in [1.29, 1.82) is 0 Å². The van der Waals surface area contributed by atoms with Gasteiger partial charge in [-0.25, -0.2) is 4.39 Å². The highest BCUT2D eigenvalue weighted by molar-refractivity contribution is 5.77. The van der Waals surface area contributed by atoms with Crippen LogP contribution in [-0.4, -0.2) is 10.2 Å². The summed E-state index contributed by atoms with van der Waals surface area (Å²) >= 11 is 0. The number of nitrogens with one attached hydrogen (secondary N) is 1. The fourth-order valence-electron chi connectivity index (χ4n) is 3.51. The molecule has 1 aliphatic carbocycles. The Kier molecular flexibility index (Phi) is 3.24. The van der Waals surface area contributed by atoms with Crippen molar-refractivity contribution in [2.45, 2.75) is 44.4 Å². The minimum atomic E-state index is -0.244. The molecule has 1 aliphatic rings. The molecule has 0 atom stereocenters. The summed E-state index contributed by atoms with van der Waals surface area (Å²) in [5.74, 6) is 0.219. The summed E-state index contributed by atoms with van der Waals surface area (Å²) in [6.07, 6.45) is 5.81. The first-order valence-corrected chi connectivity index (χ1v) is 7.26. The Bertz CT molecular complexity index is 612. The summed E-state index contributed by atoms with van der Waals surface area (Å²) in [6, 6.07) is 6.59. The topological polar surface area (TPSA) is 54.7 Å². The van der Waals surface area contributed by atoms with E-state index >= 15 is 0 Å². The van der Waals surface area contributed by atoms with E-state index in [1.807, 2.05) is 6.07 Å². The normalized spacial score (nSPS) is 17.5. The van der Waals surface area contributed by atoms with Crippen LogP contribution in [0.25, 0.3) is 11.1 Å². The van der Waals surface area contributed by atoms with Crippen LogP contribution in [0.3, 0.4) is 0 Å². The van der Waals surface area contributed by atoms with Crippen LogP contribution < -0.4 is 5.73 Å². The zero-order chi connectivity index (χ0) is 14.2.